The summed E-state index contributed by atoms with van der Waals surface area (Å²) >= 11 is 2.94. The SMILES string of the molecule is C=CCn1c(Cc2cccs2)nnc1SCC(=O)Nc1ccc([N+](=O)[O-])cc1. The molecule has 0 aliphatic heterocycles. The summed E-state index contributed by atoms with van der Waals surface area (Å²) in [5.41, 5.74) is 0.477. The topological polar surface area (TPSA) is 103 Å². The van der Waals surface area contributed by atoms with Crippen LogP contribution in [-0.2, 0) is 17.8 Å². The molecule has 0 unspecified atom stereocenters. The molecule has 144 valence electrons. The van der Waals surface area contributed by atoms with Crippen molar-refractivity contribution in [3.63, 3.8) is 0 Å². The predicted molar refractivity (Wildman–Crippen MR) is 110 cm³/mol. The van der Waals surface area contributed by atoms with Gasteiger partial charge in [0.15, 0.2) is 5.16 Å². The van der Waals surface area contributed by atoms with Crippen LogP contribution in [0.4, 0.5) is 11.4 Å². The number of nitrogens with zero attached hydrogens (tertiary/aromatic N) is 4. The van der Waals surface area contributed by atoms with E-state index in [1.54, 1.807) is 17.4 Å². The highest BCUT2D eigenvalue weighted by Crippen LogP contribution is 2.21. The van der Waals surface area contributed by atoms with Gasteiger partial charge < -0.3 is 9.88 Å². The van der Waals surface area contributed by atoms with Crippen LogP contribution < -0.4 is 5.32 Å². The van der Waals surface area contributed by atoms with E-state index in [9.17, 15) is 14.9 Å². The van der Waals surface area contributed by atoms with Crippen LogP contribution in [0.3, 0.4) is 0 Å². The van der Waals surface area contributed by atoms with Gasteiger partial charge in [0.1, 0.15) is 5.82 Å². The molecule has 1 aromatic carbocycles. The third-order valence-corrected chi connectivity index (χ3v) is 5.55. The maximum atomic E-state index is 12.2. The number of anilines is 1. The Morgan fingerprint density at radius 2 is 2.11 bits per heavy atom. The number of nitro benzene ring substituents is 1. The first-order chi connectivity index (χ1) is 13.6. The highest BCUT2D eigenvalue weighted by Gasteiger charge is 2.14. The monoisotopic (exact) mass is 415 g/mol. The molecule has 2 heterocycles. The number of allylic oxidation sites excluding steroid dienone is 1. The van der Waals surface area contributed by atoms with E-state index < -0.39 is 4.92 Å². The third kappa shape index (κ3) is 5.05. The molecule has 0 atom stereocenters. The van der Waals surface area contributed by atoms with Crippen molar-refractivity contribution >= 4 is 40.4 Å². The summed E-state index contributed by atoms with van der Waals surface area (Å²) in [5, 5.41) is 24.5. The number of thioether (sulfide) groups is 1. The van der Waals surface area contributed by atoms with Crippen molar-refractivity contribution in [3.8, 4) is 0 Å². The van der Waals surface area contributed by atoms with Gasteiger partial charge in [-0.05, 0) is 23.6 Å². The smallest absolute Gasteiger partial charge is 0.269 e. The Morgan fingerprint density at radius 3 is 2.75 bits per heavy atom. The zero-order valence-electron chi connectivity index (χ0n) is 14.8. The van der Waals surface area contributed by atoms with Gasteiger partial charge >= 0.3 is 0 Å². The van der Waals surface area contributed by atoms with E-state index in [1.807, 2.05) is 22.1 Å². The van der Waals surface area contributed by atoms with Crippen molar-refractivity contribution in [1.29, 1.82) is 0 Å². The predicted octanol–water partition coefficient (Wildman–Crippen LogP) is 3.76. The molecule has 1 amide bonds. The first-order valence-corrected chi connectivity index (χ1v) is 10.2. The molecule has 0 saturated heterocycles. The summed E-state index contributed by atoms with van der Waals surface area (Å²) in [6.45, 7) is 4.33. The Bertz CT molecular complexity index is 968. The first-order valence-electron chi connectivity index (χ1n) is 8.29. The fraction of sp³-hybridized carbons (Fsp3) is 0.167. The van der Waals surface area contributed by atoms with Crippen molar-refractivity contribution < 1.29 is 9.72 Å². The highest BCUT2D eigenvalue weighted by atomic mass is 32.2. The average molecular weight is 416 g/mol. The number of nitrogens with one attached hydrogen (secondary N) is 1. The standard InChI is InChI=1S/C18H17N5O3S2/c1-2-9-22-16(11-15-4-3-10-27-15)20-21-18(22)28-12-17(24)19-13-5-7-14(8-6-13)23(25)26/h2-8,10H,1,9,11-12H2,(H,19,24). The van der Waals surface area contributed by atoms with Gasteiger partial charge in [0, 0.05) is 35.7 Å². The van der Waals surface area contributed by atoms with Crippen molar-refractivity contribution in [2.24, 2.45) is 0 Å². The Morgan fingerprint density at radius 1 is 1.32 bits per heavy atom. The van der Waals surface area contributed by atoms with Crippen LogP contribution in [0.25, 0.3) is 0 Å². The minimum Gasteiger partial charge on any atom is -0.325 e. The van der Waals surface area contributed by atoms with Gasteiger partial charge in [0.25, 0.3) is 5.69 Å². The minimum atomic E-state index is -0.484. The van der Waals surface area contributed by atoms with Crippen LogP contribution in [0.5, 0.6) is 0 Å². The van der Waals surface area contributed by atoms with E-state index in [2.05, 4.69) is 22.1 Å². The van der Waals surface area contributed by atoms with Crippen molar-refractivity contribution in [2.45, 2.75) is 18.1 Å². The normalized spacial score (nSPS) is 10.6. The van der Waals surface area contributed by atoms with Gasteiger partial charge in [0.05, 0.1) is 10.7 Å². The summed E-state index contributed by atoms with van der Waals surface area (Å²) in [7, 11) is 0. The molecule has 28 heavy (non-hydrogen) atoms. The van der Waals surface area contributed by atoms with E-state index in [4.69, 9.17) is 0 Å². The number of aromatic nitrogens is 3. The number of benzene rings is 1. The second-order valence-corrected chi connectivity index (χ2v) is 7.67. The maximum Gasteiger partial charge on any atom is 0.269 e. The summed E-state index contributed by atoms with van der Waals surface area (Å²) in [4.78, 5) is 23.6. The number of hydrogen-bond donors (Lipinski definition) is 1. The Kier molecular flexibility index (Phi) is 6.56. The molecular formula is C18H17N5O3S2. The molecule has 0 spiro atoms. The van der Waals surface area contributed by atoms with Crippen molar-refractivity contribution in [1.82, 2.24) is 14.8 Å². The quantitative estimate of drug-likeness (QED) is 0.247. The molecule has 0 fully saturated rings. The maximum absolute atomic E-state index is 12.2. The fourth-order valence-corrected chi connectivity index (χ4v) is 3.90. The molecule has 3 aromatic rings. The molecule has 0 saturated carbocycles. The van der Waals surface area contributed by atoms with E-state index in [1.165, 1.54) is 40.9 Å². The fourth-order valence-electron chi connectivity index (χ4n) is 2.43. The molecule has 1 N–H and O–H groups in total. The number of hydrogen-bond acceptors (Lipinski definition) is 7. The van der Waals surface area contributed by atoms with E-state index in [-0.39, 0.29) is 17.3 Å². The molecule has 8 nitrogen and oxygen atoms in total. The number of carbonyl (C=O) groups is 1. The van der Waals surface area contributed by atoms with E-state index >= 15 is 0 Å². The highest BCUT2D eigenvalue weighted by molar-refractivity contribution is 7.99. The Balaban J connectivity index is 1.61. The second kappa shape index (κ2) is 9.29. The van der Waals surface area contributed by atoms with Crippen molar-refractivity contribution in [2.75, 3.05) is 11.1 Å². The lowest BCUT2D eigenvalue weighted by molar-refractivity contribution is -0.384. The molecule has 2 aromatic heterocycles. The first kappa shape index (κ1) is 19.8. The minimum absolute atomic E-state index is 0.0248. The molecule has 0 aliphatic carbocycles. The van der Waals surface area contributed by atoms with E-state index in [0.717, 1.165) is 5.82 Å². The number of rotatable bonds is 9. The number of nitro groups is 1. The van der Waals surface area contributed by atoms with Gasteiger partial charge in [-0.25, -0.2) is 0 Å². The van der Waals surface area contributed by atoms with Crippen LogP contribution in [0.2, 0.25) is 0 Å². The zero-order valence-corrected chi connectivity index (χ0v) is 16.4. The van der Waals surface area contributed by atoms with Crippen LogP contribution in [0.15, 0.2) is 59.6 Å². The second-order valence-electron chi connectivity index (χ2n) is 5.70. The van der Waals surface area contributed by atoms with E-state index in [0.29, 0.717) is 23.8 Å². The number of thiophene rings is 1. The van der Waals surface area contributed by atoms with Crippen LogP contribution in [0, 0.1) is 10.1 Å². The molecule has 0 aliphatic rings. The summed E-state index contributed by atoms with van der Waals surface area (Å²) in [5.74, 6) is 0.734. The van der Waals surface area contributed by atoms with Gasteiger partial charge in [-0.3, -0.25) is 14.9 Å². The Hall–Kier alpha value is -2.98. The largest absolute Gasteiger partial charge is 0.325 e. The van der Waals surface area contributed by atoms with Gasteiger partial charge in [-0.1, -0.05) is 23.9 Å². The van der Waals surface area contributed by atoms with Gasteiger partial charge in [0.2, 0.25) is 5.91 Å². The van der Waals surface area contributed by atoms with Gasteiger partial charge in [-0.15, -0.1) is 28.1 Å². The lowest BCUT2D eigenvalue weighted by Gasteiger charge is -2.08. The number of carbonyl (C=O) groups excluding carboxylic acids is 1. The zero-order chi connectivity index (χ0) is 19.9. The van der Waals surface area contributed by atoms with Gasteiger partial charge in [-0.2, -0.15) is 0 Å². The molecule has 10 heteroatoms. The molecular weight excluding hydrogens is 398 g/mol. The Labute approximate surface area is 169 Å². The number of non-ortho nitro benzene ring substituents is 1. The third-order valence-electron chi connectivity index (χ3n) is 3.71. The molecule has 3 rings (SSSR count). The summed E-state index contributed by atoms with van der Waals surface area (Å²) in [6.07, 6.45) is 2.44. The summed E-state index contributed by atoms with van der Waals surface area (Å²) < 4.78 is 1.94. The molecule has 0 bridgehead atoms. The van der Waals surface area contributed by atoms with Crippen LogP contribution >= 0.6 is 23.1 Å². The lowest BCUT2D eigenvalue weighted by atomic mass is 10.3. The van der Waals surface area contributed by atoms with Crippen LogP contribution in [-0.4, -0.2) is 31.3 Å². The van der Waals surface area contributed by atoms with Crippen molar-refractivity contribution in [3.05, 3.63) is 75.2 Å². The average Bonchev–Trinajstić information content (AvgIpc) is 3.32. The van der Waals surface area contributed by atoms with Crippen LogP contribution in [0.1, 0.15) is 10.7 Å². The number of amides is 1. The molecule has 0 radical (unpaired) electrons. The lowest BCUT2D eigenvalue weighted by Crippen LogP contribution is -2.14. The summed E-state index contributed by atoms with van der Waals surface area (Å²) in [6, 6.07) is 9.73.